The molecule has 0 amide bonds. The summed E-state index contributed by atoms with van der Waals surface area (Å²) in [5.41, 5.74) is 0. The molecule has 1 N–H and O–H groups in total. The second-order valence-corrected chi connectivity index (χ2v) is 4.64. The van der Waals surface area contributed by atoms with Gasteiger partial charge in [0.2, 0.25) is 0 Å². The summed E-state index contributed by atoms with van der Waals surface area (Å²) in [6, 6.07) is 0. The molecule has 1 aromatic heterocycles. The van der Waals surface area contributed by atoms with Crippen molar-refractivity contribution in [2.75, 3.05) is 13.1 Å². The van der Waals surface area contributed by atoms with Gasteiger partial charge in [-0.3, -0.25) is 0 Å². The van der Waals surface area contributed by atoms with E-state index in [4.69, 9.17) is 0 Å². The quantitative estimate of drug-likeness (QED) is 0.469. The zero-order chi connectivity index (χ0) is 12.8. The van der Waals surface area contributed by atoms with Crippen LogP contribution in [0.5, 0.6) is 0 Å². The molecule has 7 nitrogen and oxygen atoms in total. The van der Waals surface area contributed by atoms with Crippen LogP contribution in [0, 0.1) is 16.0 Å². The zero-order valence-electron chi connectivity index (χ0n) is 9.89. The molecule has 0 aliphatic heterocycles. The van der Waals surface area contributed by atoms with Gasteiger partial charge in [0.15, 0.2) is 0 Å². The number of nitrogens with zero attached hydrogens (tertiary/aromatic N) is 4. The third kappa shape index (κ3) is 4.39. The molecule has 1 heterocycles. The fraction of sp³-hybridized carbons (Fsp3) is 0.778. The third-order valence-corrected chi connectivity index (χ3v) is 2.77. The van der Waals surface area contributed by atoms with Crippen molar-refractivity contribution in [3.8, 4) is 0 Å². The summed E-state index contributed by atoms with van der Waals surface area (Å²) in [5, 5.41) is 17.6. The lowest BCUT2D eigenvalue weighted by molar-refractivity contribution is -0.394. The van der Waals surface area contributed by atoms with Crippen LogP contribution in [0.15, 0.2) is 4.73 Å². The highest BCUT2D eigenvalue weighted by atomic mass is 79.9. The first-order chi connectivity index (χ1) is 8.04. The molecule has 1 rings (SSSR count). The van der Waals surface area contributed by atoms with Gasteiger partial charge in [-0.15, -0.1) is 0 Å². The SMILES string of the molecule is CCCNCC(C)Cn1nc([N+](=O)[O-])nc1Br. The summed E-state index contributed by atoms with van der Waals surface area (Å²) >= 11 is 3.16. The Labute approximate surface area is 108 Å². The lowest BCUT2D eigenvalue weighted by Gasteiger charge is -2.10. The van der Waals surface area contributed by atoms with E-state index in [0.29, 0.717) is 17.2 Å². The van der Waals surface area contributed by atoms with Gasteiger partial charge in [0.1, 0.15) is 0 Å². The second kappa shape index (κ2) is 6.65. The van der Waals surface area contributed by atoms with E-state index in [0.717, 1.165) is 19.5 Å². The van der Waals surface area contributed by atoms with Gasteiger partial charge < -0.3 is 15.4 Å². The number of rotatable bonds is 7. The molecule has 1 unspecified atom stereocenters. The van der Waals surface area contributed by atoms with Crippen LogP contribution in [-0.4, -0.2) is 32.8 Å². The van der Waals surface area contributed by atoms with Crippen LogP contribution < -0.4 is 5.32 Å². The molecule has 0 bridgehead atoms. The van der Waals surface area contributed by atoms with E-state index in [1.165, 1.54) is 4.68 Å². The molecular formula is C9H16BrN5O2. The first-order valence-corrected chi connectivity index (χ1v) is 6.29. The number of hydrogen-bond acceptors (Lipinski definition) is 5. The van der Waals surface area contributed by atoms with Crippen molar-refractivity contribution in [2.24, 2.45) is 5.92 Å². The summed E-state index contributed by atoms with van der Waals surface area (Å²) in [5.74, 6) is -0.0373. The molecular weight excluding hydrogens is 290 g/mol. The van der Waals surface area contributed by atoms with Crippen molar-refractivity contribution in [3.05, 3.63) is 14.8 Å². The van der Waals surface area contributed by atoms with Crippen LogP contribution >= 0.6 is 15.9 Å². The van der Waals surface area contributed by atoms with Crippen molar-refractivity contribution in [2.45, 2.75) is 26.8 Å². The number of nitrogens with one attached hydrogen (secondary N) is 1. The van der Waals surface area contributed by atoms with Gasteiger partial charge in [0.05, 0.1) is 6.54 Å². The molecule has 0 radical (unpaired) electrons. The molecule has 0 saturated heterocycles. The summed E-state index contributed by atoms with van der Waals surface area (Å²) in [4.78, 5) is 13.6. The minimum absolute atomic E-state index is 0.333. The molecule has 1 atom stereocenters. The van der Waals surface area contributed by atoms with Gasteiger partial charge in [-0.05, 0) is 35.3 Å². The highest BCUT2D eigenvalue weighted by Gasteiger charge is 2.20. The molecule has 0 aromatic carbocycles. The van der Waals surface area contributed by atoms with Crippen LogP contribution in [0.2, 0.25) is 0 Å². The maximum absolute atomic E-state index is 10.5. The van der Waals surface area contributed by atoms with Crippen LogP contribution in [0.3, 0.4) is 0 Å². The Balaban J connectivity index is 2.52. The van der Waals surface area contributed by atoms with E-state index in [2.05, 4.69) is 45.2 Å². The topological polar surface area (TPSA) is 85.9 Å². The van der Waals surface area contributed by atoms with Crippen LogP contribution in [0.1, 0.15) is 20.3 Å². The van der Waals surface area contributed by atoms with Crippen molar-refractivity contribution in [1.82, 2.24) is 20.1 Å². The van der Waals surface area contributed by atoms with Gasteiger partial charge in [0, 0.05) is 21.0 Å². The highest BCUT2D eigenvalue weighted by Crippen LogP contribution is 2.13. The Morgan fingerprint density at radius 2 is 2.35 bits per heavy atom. The number of aromatic nitrogens is 3. The molecule has 96 valence electrons. The molecule has 8 heteroatoms. The van der Waals surface area contributed by atoms with Gasteiger partial charge >= 0.3 is 5.95 Å². The maximum Gasteiger partial charge on any atom is 0.492 e. The van der Waals surface area contributed by atoms with E-state index >= 15 is 0 Å². The average molecular weight is 306 g/mol. The van der Waals surface area contributed by atoms with Crippen molar-refractivity contribution in [3.63, 3.8) is 0 Å². The first kappa shape index (κ1) is 14.0. The Bertz CT molecular complexity index is 381. The molecule has 0 fully saturated rings. The standard InChI is InChI=1S/C9H16BrN5O2/c1-3-4-11-5-7(2)6-14-8(10)12-9(13-14)15(16)17/h7,11H,3-6H2,1-2H3. The monoisotopic (exact) mass is 305 g/mol. The predicted octanol–water partition coefficient (Wildman–Crippen LogP) is 1.58. The molecule has 0 spiro atoms. The Hall–Kier alpha value is -1.02. The van der Waals surface area contributed by atoms with Crippen molar-refractivity contribution in [1.29, 1.82) is 0 Å². The van der Waals surface area contributed by atoms with Crippen molar-refractivity contribution >= 4 is 21.9 Å². The van der Waals surface area contributed by atoms with E-state index < -0.39 is 4.92 Å². The summed E-state index contributed by atoms with van der Waals surface area (Å²) in [7, 11) is 0. The molecule has 0 saturated carbocycles. The Morgan fingerprint density at radius 3 is 2.88 bits per heavy atom. The van der Waals surface area contributed by atoms with Gasteiger partial charge in [0.25, 0.3) is 4.73 Å². The average Bonchev–Trinajstić information content (AvgIpc) is 2.61. The molecule has 17 heavy (non-hydrogen) atoms. The Morgan fingerprint density at radius 1 is 1.65 bits per heavy atom. The van der Waals surface area contributed by atoms with Gasteiger partial charge in [-0.1, -0.05) is 13.8 Å². The minimum Gasteiger partial charge on any atom is -0.390 e. The first-order valence-electron chi connectivity index (χ1n) is 5.50. The van der Waals surface area contributed by atoms with Crippen LogP contribution in [0.4, 0.5) is 5.95 Å². The summed E-state index contributed by atoms with van der Waals surface area (Å²) in [6.07, 6.45) is 1.09. The van der Waals surface area contributed by atoms with E-state index in [1.807, 2.05) is 0 Å². The number of halogens is 1. The second-order valence-electron chi connectivity index (χ2n) is 3.93. The minimum atomic E-state index is -0.596. The number of nitro groups is 1. The number of hydrogen-bond donors (Lipinski definition) is 1. The van der Waals surface area contributed by atoms with Crippen molar-refractivity contribution < 1.29 is 4.92 Å². The van der Waals surface area contributed by atoms with Gasteiger partial charge in [-0.2, -0.15) is 4.68 Å². The van der Waals surface area contributed by atoms with Crippen LogP contribution in [0.25, 0.3) is 0 Å². The van der Waals surface area contributed by atoms with E-state index in [1.54, 1.807) is 0 Å². The third-order valence-electron chi connectivity index (χ3n) is 2.18. The highest BCUT2D eigenvalue weighted by molar-refractivity contribution is 9.10. The van der Waals surface area contributed by atoms with E-state index in [9.17, 15) is 10.1 Å². The van der Waals surface area contributed by atoms with Crippen LogP contribution in [-0.2, 0) is 6.54 Å². The Kier molecular flexibility index (Phi) is 5.49. The summed E-state index contributed by atoms with van der Waals surface area (Å²) in [6.45, 7) is 6.59. The normalized spacial score (nSPS) is 12.6. The fourth-order valence-corrected chi connectivity index (χ4v) is 1.77. The largest absolute Gasteiger partial charge is 0.492 e. The molecule has 0 aliphatic rings. The lowest BCUT2D eigenvalue weighted by Crippen LogP contribution is -2.25. The van der Waals surface area contributed by atoms with E-state index in [-0.39, 0.29) is 5.95 Å². The predicted molar refractivity (Wildman–Crippen MR) is 66.7 cm³/mol. The summed E-state index contributed by atoms with van der Waals surface area (Å²) < 4.78 is 1.91. The van der Waals surface area contributed by atoms with Gasteiger partial charge in [-0.25, -0.2) is 0 Å². The smallest absolute Gasteiger partial charge is 0.390 e. The molecule has 1 aromatic rings. The molecule has 0 aliphatic carbocycles. The maximum atomic E-state index is 10.5. The zero-order valence-corrected chi connectivity index (χ0v) is 11.5. The fourth-order valence-electron chi connectivity index (χ4n) is 1.39. The lowest BCUT2D eigenvalue weighted by atomic mass is 10.2.